The summed E-state index contributed by atoms with van der Waals surface area (Å²) in [5.41, 5.74) is 3.26. The lowest BCUT2D eigenvalue weighted by molar-refractivity contribution is 0.415. The maximum Gasteiger partial charge on any atom is 0.119 e. The highest BCUT2D eigenvalue weighted by atomic mass is 16.5. The summed E-state index contributed by atoms with van der Waals surface area (Å²) >= 11 is 0. The van der Waals surface area contributed by atoms with Crippen LogP contribution in [-0.4, -0.2) is 14.2 Å². The van der Waals surface area contributed by atoms with Crippen LogP contribution in [0.15, 0.2) is 85.1 Å². The molecule has 3 aromatic carbocycles. The summed E-state index contributed by atoms with van der Waals surface area (Å²) in [5, 5.41) is 0. The van der Waals surface area contributed by atoms with Gasteiger partial charge in [-0.05, 0) is 60.2 Å². The topological polar surface area (TPSA) is 21.7 Å². The van der Waals surface area contributed by atoms with Crippen molar-refractivity contribution < 1.29 is 9.47 Å². The van der Waals surface area contributed by atoms with Crippen LogP contribution in [0.4, 0.5) is 11.4 Å². The van der Waals surface area contributed by atoms with Gasteiger partial charge in [-0.1, -0.05) is 30.3 Å². The molecule has 0 radical (unpaired) electrons. The molecule has 0 aromatic heterocycles. The molecule has 3 heteroatoms. The van der Waals surface area contributed by atoms with Crippen LogP contribution < -0.4 is 14.4 Å². The van der Waals surface area contributed by atoms with Crippen LogP contribution in [0.2, 0.25) is 0 Å². The van der Waals surface area contributed by atoms with Crippen LogP contribution in [0.5, 0.6) is 11.5 Å². The van der Waals surface area contributed by atoms with Crippen LogP contribution in [-0.2, 0) is 0 Å². The summed E-state index contributed by atoms with van der Waals surface area (Å²) in [4.78, 5) is 2.13. The average molecular weight is 331 g/mol. The molecule has 0 aliphatic carbocycles. The van der Waals surface area contributed by atoms with E-state index in [1.54, 1.807) is 14.2 Å². The van der Waals surface area contributed by atoms with Crippen LogP contribution in [0, 0.1) is 0 Å². The highest BCUT2D eigenvalue weighted by Crippen LogP contribution is 2.29. The molecule has 0 bridgehead atoms. The second-order valence-electron chi connectivity index (χ2n) is 5.49. The first kappa shape index (κ1) is 16.7. The fourth-order valence-electron chi connectivity index (χ4n) is 2.53. The Morgan fingerprint density at radius 3 is 1.56 bits per heavy atom. The molecule has 3 rings (SSSR count). The van der Waals surface area contributed by atoms with Crippen molar-refractivity contribution in [3.05, 3.63) is 90.6 Å². The lowest BCUT2D eigenvalue weighted by atomic mass is 10.2. The van der Waals surface area contributed by atoms with Gasteiger partial charge in [0.15, 0.2) is 0 Å². The molecule has 3 aromatic rings. The van der Waals surface area contributed by atoms with Crippen molar-refractivity contribution >= 4 is 17.5 Å². The fourth-order valence-corrected chi connectivity index (χ4v) is 2.53. The number of benzene rings is 3. The van der Waals surface area contributed by atoms with Crippen LogP contribution in [0.25, 0.3) is 6.08 Å². The molecule has 0 unspecified atom stereocenters. The van der Waals surface area contributed by atoms with Crippen molar-refractivity contribution in [3.63, 3.8) is 0 Å². The van der Waals surface area contributed by atoms with E-state index in [9.17, 15) is 0 Å². The highest BCUT2D eigenvalue weighted by Gasteiger charge is 2.07. The van der Waals surface area contributed by atoms with Gasteiger partial charge in [0, 0.05) is 17.6 Å². The van der Waals surface area contributed by atoms with Crippen molar-refractivity contribution in [2.24, 2.45) is 0 Å². The van der Waals surface area contributed by atoms with Gasteiger partial charge in [-0.3, -0.25) is 0 Å². The minimum absolute atomic E-state index is 0.838. The number of rotatable bonds is 6. The quantitative estimate of drug-likeness (QED) is 0.594. The van der Waals surface area contributed by atoms with Gasteiger partial charge in [0.1, 0.15) is 11.5 Å². The lowest BCUT2D eigenvalue weighted by Gasteiger charge is -2.21. The molecule has 0 spiro atoms. The van der Waals surface area contributed by atoms with Crippen molar-refractivity contribution in [2.75, 3.05) is 19.1 Å². The minimum Gasteiger partial charge on any atom is -0.497 e. The van der Waals surface area contributed by atoms with E-state index in [4.69, 9.17) is 9.47 Å². The van der Waals surface area contributed by atoms with Gasteiger partial charge >= 0.3 is 0 Å². The molecule has 0 heterocycles. The number of hydrogen-bond donors (Lipinski definition) is 0. The molecule has 0 atom stereocenters. The Morgan fingerprint density at radius 2 is 1.12 bits per heavy atom. The monoisotopic (exact) mass is 331 g/mol. The molecule has 25 heavy (non-hydrogen) atoms. The molecule has 0 N–H and O–H groups in total. The zero-order chi connectivity index (χ0) is 17.5. The smallest absolute Gasteiger partial charge is 0.119 e. The normalized spacial score (nSPS) is 10.6. The zero-order valence-corrected chi connectivity index (χ0v) is 14.4. The maximum absolute atomic E-state index is 5.26. The van der Waals surface area contributed by atoms with E-state index in [1.807, 2.05) is 66.7 Å². The van der Waals surface area contributed by atoms with Crippen LogP contribution >= 0.6 is 0 Å². The summed E-state index contributed by atoms with van der Waals surface area (Å²) in [7, 11) is 3.34. The first-order valence-corrected chi connectivity index (χ1v) is 8.11. The van der Waals surface area contributed by atoms with E-state index >= 15 is 0 Å². The first-order chi connectivity index (χ1) is 12.3. The molecule has 0 aliphatic heterocycles. The predicted octanol–water partition coefficient (Wildman–Crippen LogP) is 5.51. The summed E-state index contributed by atoms with van der Waals surface area (Å²) in [6, 6.07) is 26.2. The van der Waals surface area contributed by atoms with E-state index in [0.29, 0.717) is 0 Å². The van der Waals surface area contributed by atoms with Gasteiger partial charge in [0.05, 0.1) is 14.2 Å². The average Bonchev–Trinajstić information content (AvgIpc) is 2.70. The third kappa shape index (κ3) is 4.21. The molecule has 0 saturated heterocycles. The first-order valence-electron chi connectivity index (χ1n) is 8.11. The van der Waals surface area contributed by atoms with Crippen molar-refractivity contribution in [3.8, 4) is 11.5 Å². The van der Waals surface area contributed by atoms with Crippen LogP contribution in [0.3, 0.4) is 0 Å². The summed E-state index contributed by atoms with van der Waals surface area (Å²) in [6.45, 7) is 0. The Hall–Kier alpha value is -3.20. The summed E-state index contributed by atoms with van der Waals surface area (Å²) in [5.74, 6) is 1.68. The molecule has 0 amide bonds. The van der Waals surface area contributed by atoms with Crippen molar-refractivity contribution in [1.82, 2.24) is 0 Å². The van der Waals surface area contributed by atoms with Gasteiger partial charge in [0.25, 0.3) is 0 Å². The minimum atomic E-state index is 0.838. The van der Waals surface area contributed by atoms with E-state index in [2.05, 4.69) is 29.3 Å². The van der Waals surface area contributed by atoms with E-state index in [1.165, 1.54) is 0 Å². The van der Waals surface area contributed by atoms with Crippen LogP contribution in [0.1, 0.15) is 5.56 Å². The lowest BCUT2D eigenvalue weighted by Crippen LogP contribution is -2.08. The summed E-state index contributed by atoms with van der Waals surface area (Å²) < 4.78 is 10.5. The Bertz CT molecular complexity index is 761. The van der Waals surface area contributed by atoms with E-state index in [0.717, 1.165) is 28.4 Å². The largest absolute Gasteiger partial charge is 0.497 e. The SMILES string of the molecule is COc1ccc(N(C=Cc2ccccc2)c2ccc(OC)cc2)cc1. The molecular weight excluding hydrogens is 310 g/mol. The predicted molar refractivity (Wildman–Crippen MR) is 104 cm³/mol. The second-order valence-corrected chi connectivity index (χ2v) is 5.49. The van der Waals surface area contributed by atoms with E-state index in [-0.39, 0.29) is 0 Å². The van der Waals surface area contributed by atoms with Crippen molar-refractivity contribution in [1.29, 1.82) is 0 Å². The standard InChI is InChI=1S/C22H21NO2/c1-24-21-12-8-19(9-13-21)23(17-16-18-6-4-3-5-7-18)20-10-14-22(25-2)15-11-20/h3-17H,1-2H3. The van der Waals surface area contributed by atoms with Gasteiger partial charge in [-0.15, -0.1) is 0 Å². The maximum atomic E-state index is 5.26. The number of methoxy groups -OCH3 is 2. The van der Waals surface area contributed by atoms with Gasteiger partial charge < -0.3 is 14.4 Å². The Balaban J connectivity index is 1.95. The summed E-state index contributed by atoms with van der Waals surface area (Å²) in [6.07, 6.45) is 4.16. The Labute approximate surface area is 148 Å². The number of ether oxygens (including phenoxy) is 2. The van der Waals surface area contributed by atoms with Gasteiger partial charge in [-0.25, -0.2) is 0 Å². The molecular formula is C22H21NO2. The molecule has 0 saturated carbocycles. The molecule has 3 nitrogen and oxygen atoms in total. The van der Waals surface area contributed by atoms with Gasteiger partial charge in [-0.2, -0.15) is 0 Å². The Kier molecular flexibility index (Phi) is 5.37. The number of hydrogen-bond acceptors (Lipinski definition) is 3. The van der Waals surface area contributed by atoms with E-state index < -0.39 is 0 Å². The highest BCUT2D eigenvalue weighted by molar-refractivity contribution is 5.70. The number of anilines is 2. The van der Waals surface area contributed by atoms with Crippen molar-refractivity contribution in [2.45, 2.75) is 0 Å². The molecule has 0 fully saturated rings. The molecule has 126 valence electrons. The number of nitrogens with zero attached hydrogens (tertiary/aromatic N) is 1. The second kappa shape index (κ2) is 8.06. The third-order valence-corrected chi connectivity index (χ3v) is 3.92. The third-order valence-electron chi connectivity index (χ3n) is 3.92. The van der Waals surface area contributed by atoms with Gasteiger partial charge in [0.2, 0.25) is 0 Å². The fraction of sp³-hybridized carbons (Fsp3) is 0.0909. The Morgan fingerprint density at radius 1 is 0.640 bits per heavy atom. The zero-order valence-electron chi connectivity index (χ0n) is 14.4. The molecule has 0 aliphatic rings.